The van der Waals surface area contributed by atoms with Gasteiger partial charge in [-0.05, 0) is 44.0 Å². The number of carbonyl (C=O) groups is 1. The SMILES string of the molecule is CC1CC(CN)CN1C(=O)c1cc(F)ccc1NS(C)(=O)=O.Cl. The van der Waals surface area contributed by atoms with Crippen LogP contribution in [0, 0.1) is 11.7 Å². The Hall–Kier alpha value is -1.38. The van der Waals surface area contributed by atoms with Crippen LogP contribution in [0.1, 0.15) is 23.7 Å². The van der Waals surface area contributed by atoms with Crippen molar-refractivity contribution >= 4 is 34.0 Å². The molecule has 1 fully saturated rings. The van der Waals surface area contributed by atoms with E-state index in [0.717, 1.165) is 24.8 Å². The molecule has 0 radical (unpaired) electrons. The molecule has 1 heterocycles. The van der Waals surface area contributed by atoms with Gasteiger partial charge in [0.1, 0.15) is 5.82 Å². The first-order valence-corrected chi connectivity index (χ1v) is 8.88. The van der Waals surface area contributed by atoms with Crippen molar-refractivity contribution in [2.75, 3.05) is 24.1 Å². The number of nitrogens with one attached hydrogen (secondary N) is 1. The van der Waals surface area contributed by atoms with Crippen molar-refractivity contribution in [2.24, 2.45) is 11.7 Å². The summed E-state index contributed by atoms with van der Waals surface area (Å²) < 4.78 is 38.6. The van der Waals surface area contributed by atoms with Crippen LogP contribution in [0.3, 0.4) is 0 Å². The Bertz CT molecular complexity index is 684. The summed E-state index contributed by atoms with van der Waals surface area (Å²) in [4.78, 5) is 14.3. The van der Waals surface area contributed by atoms with Crippen LogP contribution in [0.4, 0.5) is 10.1 Å². The van der Waals surface area contributed by atoms with Gasteiger partial charge in [-0.2, -0.15) is 0 Å². The van der Waals surface area contributed by atoms with E-state index in [2.05, 4.69) is 4.72 Å². The van der Waals surface area contributed by atoms with Crippen molar-refractivity contribution in [1.82, 2.24) is 4.90 Å². The Morgan fingerprint density at radius 1 is 1.48 bits per heavy atom. The van der Waals surface area contributed by atoms with Crippen molar-refractivity contribution in [3.8, 4) is 0 Å². The van der Waals surface area contributed by atoms with Crippen LogP contribution < -0.4 is 10.5 Å². The lowest BCUT2D eigenvalue weighted by molar-refractivity contribution is 0.0744. The lowest BCUT2D eigenvalue weighted by atomic mass is 10.1. The van der Waals surface area contributed by atoms with Crippen molar-refractivity contribution in [3.05, 3.63) is 29.6 Å². The monoisotopic (exact) mass is 365 g/mol. The second-order valence-corrected chi connectivity index (χ2v) is 7.46. The van der Waals surface area contributed by atoms with E-state index in [4.69, 9.17) is 5.73 Å². The molecule has 6 nitrogen and oxygen atoms in total. The zero-order valence-electron chi connectivity index (χ0n) is 13.0. The highest BCUT2D eigenvalue weighted by Gasteiger charge is 2.33. The number of nitrogens with two attached hydrogens (primary N) is 1. The highest BCUT2D eigenvalue weighted by Crippen LogP contribution is 2.27. The van der Waals surface area contributed by atoms with Gasteiger partial charge in [0.15, 0.2) is 0 Å². The molecule has 1 aromatic rings. The minimum atomic E-state index is -3.56. The van der Waals surface area contributed by atoms with Crippen LogP contribution >= 0.6 is 12.4 Å². The minimum absolute atomic E-state index is 0. The van der Waals surface area contributed by atoms with Gasteiger partial charge in [-0.1, -0.05) is 0 Å². The van der Waals surface area contributed by atoms with Gasteiger partial charge in [-0.3, -0.25) is 9.52 Å². The summed E-state index contributed by atoms with van der Waals surface area (Å²) in [6, 6.07) is 3.40. The smallest absolute Gasteiger partial charge is 0.256 e. The summed E-state index contributed by atoms with van der Waals surface area (Å²) in [7, 11) is -3.56. The third-order valence-corrected chi connectivity index (χ3v) is 4.35. The second-order valence-electron chi connectivity index (χ2n) is 5.71. The number of sulfonamides is 1. The Labute approximate surface area is 141 Å². The number of nitrogens with zero attached hydrogens (tertiary/aromatic N) is 1. The molecule has 0 saturated carbocycles. The maximum absolute atomic E-state index is 13.5. The maximum atomic E-state index is 13.5. The quantitative estimate of drug-likeness (QED) is 0.844. The van der Waals surface area contributed by atoms with E-state index in [9.17, 15) is 17.6 Å². The molecule has 0 spiro atoms. The summed E-state index contributed by atoms with van der Waals surface area (Å²) in [6.45, 7) is 2.87. The van der Waals surface area contributed by atoms with Gasteiger partial charge >= 0.3 is 0 Å². The predicted octanol–water partition coefficient (Wildman–Crippen LogP) is 1.43. The van der Waals surface area contributed by atoms with Crippen molar-refractivity contribution in [2.45, 2.75) is 19.4 Å². The highest BCUT2D eigenvalue weighted by atomic mass is 35.5. The summed E-state index contributed by atoms with van der Waals surface area (Å²) in [5.74, 6) is -0.780. The zero-order chi connectivity index (χ0) is 16.5. The number of rotatable bonds is 4. The fraction of sp³-hybridized carbons (Fsp3) is 0.500. The van der Waals surface area contributed by atoms with E-state index >= 15 is 0 Å². The van der Waals surface area contributed by atoms with Gasteiger partial charge in [-0.15, -0.1) is 12.4 Å². The van der Waals surface area contributed by atoms with E-state index in [1.54, 1.807) is 4.90 Å². The molecule has 9 heteroatoms. The molecule has 1 aromatic carbocycles. The third-order valence-electron chi connectivity index (χ3n) is 3.76. The molecule has 1 saturated heterocycles. The normalized spacial score (nSPS) is 21.0. The fourth-order valence-corrected chi connectivity index (χ4v) is 3.31. The molecule has 3 N–H and O–H groups in total. The first kappa shape index (κ1) is 19.7. The Balaban J connectivity index is 0.00000264. The molecule has 2 rings (SSSR count). The maximum Gasteiger partial charge on any atom is 0.256 e. The van der Waals surface area contributed by atoms with Crippen LogP contribution in [-0.2, 0) is 10.0 Å². The average molecular weight is 366 g/mol. The van der Waals surface area contributed by atoms with Crippen molar-refractivity contribution < 1.29 is 17.6 Å². The zero-order valence-corrected chi connectivity index (χ0v) is 14.6. The van der Waals surface area contributed by atoms with E-state index in [-0.39, 0.29) is 35.6 Å². The second kappa shape index (κ2) is 7.46. The Morgan fingerprint density at radius 2 is 2.13 bits per heavy atom. The first-order valence-electron chi connectivity index (χ1n) is 6.99. The molecular formula is C14H21ClFN3O3S. The molecule has 1 amide bonds. The standard InChI is InChI=1S/C14H20FN3O3S.ClH/c1-9-5-10(7-16)8-18(9)14(19)12-6-11(15)3-4-13(12)17-22(2,20)21;/h3-4,6,9-10,17H,5,7-8,16H2,1-2H3;1H. The third kappa shape index (κ3) is 4.79. The molecule has 130 valence electrons. The fourth-order valence-electron chi connectivity index (χ4n) is 2.73. The topological polar surface area (TPSA) is 92.5 Å². The molecule has 2 unspecified atom stereocenters. The first-order chi connectivity index (χ1) is 10.2. The van der Waals surface area contributed by atoms with E-state index < -0.39 is 21.7 Å². The van der Waals surface area contributed by atoms with Gasteiger partial charge in [-0.25, -0.2) is 12.8 Å². The molecule has 1 aliphatic heterocycles. The van der Waals surface area contributed by atoms with Crippen molar-refractivity contribution in [1.29, 1.82) is 0 Å². The molecule has 0 bridgehead atoms. The number of amides is 1. The lowest BCUT2D eigenvalue weighted by Gasteiger charge is -2.23. The number of hydrogen-bond acceptors (Lipinski definition) is 4. The summed E-state index contributed by atoms with van der Waals surface area (Å²) in [6.07, 6.45) is 1.76. The number of carbonyl (C=O) groups excluding carboxylic acids is 1. The molecule has 0 aliphatic carbocycles. The Morgan fingerprint density at radius 3 is 2.65 bits per heavy atom. The highest BCUT2D eigenvalue weighted by molar-refractivity contribution is 7.92. The number of benzene rings is 1. The van der Waals surface area contributed by atoms with E-state index in [1.165, 1.54) is 6.07 Å². The summed E-state index contributed by atoms with van der Waals surface area (Å²) in [5.41, 5.74) is 5.73. The van der Waals surface area contributed by atoms with Crippen LogP contribution in [0.5, 0.6) is 0 Å². The number of hydrogen-bond donors (Lipinski definition) is 2. The van der Waals surface area contributed by atoms with Gasteiger partial charge in [0, 0.05) is 12.6 Å². The number of anilines is 1. The molecule has 2 atom stereocenters. The largest absolute Gasteiger partial charge is 0.336 e. The minimum Gasteiger partial charge on any atom is -0.336 e. The molecule has 23 heavy (non-hydrogen) atoms. The molecule has 1 aliphatic rings. The predicted molar refractivity (Wildman–Crippen MR) is 89.8 cm³/mol. The average Bonchev–Trinajstić information content (AvgIpc) is 2.80. The summed E-state index contributed by atoms with van der Waals surface area (Å²) >= 11 is 0. The number of halogens is 2. The van der Waals surface area contributed by atoms with Gasteiger partial charge in [0.05, 0.1) is 17.5 Å². The molecule has 0 aromatic heterocycles. The van der Waals surface area contributed by atoms with Crippen LogP contribution in [-0.4, -0.2) is 44.6 Å². The van der Waals surface area contributed by atoms with Crippen LogP contribution in [0.15, 0.2) is 18.2 Å². The van der Waals surface area contributed by atoms with E-state index in [0.29, 0.717) is 13.1 Å². The van der Waals surface area contributed by atoms with Gasteiger partial charge in [0.2, 0.25) is 10.0 Å². The van der Waals surface area contributed by atoms with Gasteiger partial charge in [0.25, 0.3) is 5.91 Å². The lowest BCUT2D eigenvalue weighted by Crippen LogP contribution is -2.35. The van der Waals surface area contributed by atoms with Crippen LogP contribution in [0.25, 0.3) is 0 Å². The Kier molecular flexibility index (Phi) is 6.38. The van der Waals surface area contributed by atoms with E-state index in [1.807, 2.05) is 6.92 Å². The molecular weight excluding hydrogens is 345 g/mol. The summed E-state index contributed by atoms with van der Waals surface area (Å²) in [5, 5.41) is 0. The number of likely N-dealkylation sites (tertiary alicyclic amines) is 1. The van der Waals surface area contributed by atoms with Crippen LogP contribution in [0.2, 0.25) is 0 Å². The van der Waals surface area contributed by atoms with Crippen molar-refractivity contribution in [3.63, 3.8) is 0 Å². The van der Waals surface area contributed by atoms with Gasteiger partial charge < -0.3 is 10.6 Å².